The fraction of sp³-hybridized carbons (Fsp3) is 0.167. The minimum absolute atomic E-state index is 0.611. The van der Waals surface area contributed by atoms with E-state index in [1.165, 1.54) is 0 Å². The molecule has 0 radical (unpaired) electrons. The maximum Gasteiger partial charge on any atom is 0.116 e. The van der Waals surface area contributed by atoms with Crippen molar-refractivity contribution in [2.75, 3.05) is 0 Å². The molecule has 0 fully saturated rings. The van der Waals surface area contributed by atoms with Crippen LogP contribution in [0.25, 0.3) is 0 Å². The van der Waals surface area contributed by atoms with Crippen molar-refractivity contribution in [3.05, 3.63) is 122 Å². The SMILES string of the molecule is C=CCC(C=C)(OC(C=C)(CC=C)c1ccccc1)c1ccccc1. The standard InChI is InChI=1S/C24H26O/c1-5-19-23(7-3,21-15-11-9-12-16-21)25-24(8-4,20-6-2)22-17-13-10-14-18-22/h5-18H,1-4,19-20H2. The first-order chi connectivity index (χ1) is 12.2. The van der Waals surface area contributed by atoms with Crippen molar-refractivity contribution < 1.29 is 4.74 Å². The number of benzene rings is 2. The van der Waals surface area contributed by atoms with E-state index < -0.39 is 11.2 Å². The number of ether oxygens (including phenoxy) is 1. The molecular formula is C24H26O. The highest BCUT2D eigenvalue weighted by molar-refractivity contribution is 5.33. The van der Waals surface area contributed by atoms with Gasteiger partial charge in [0.1, 0.15) is 11.2 Å². The first-order valence-electron chi connectivity index (χ1n) is 8.46. The highest BCUT2D eigenvalue weighted by Gasteiger charge is 2.39. The summed E-state index contributed by atoms with van der Waals surface area (Å²) in [6.07, 6.45) is 8.66. The van der Waals surface area contributed by atoms with E-state index in [4.69, 9.17) is 4.74 Å². The van der Waals surface area contributed by atoms with Crippen molar-refractivity contribution in [2.24, 2.45) is 0 Å². The summed E-state index contributed by atoms with van der Waals surface area (Å²) in [5, 5.41) is 0. The van der Waals surface area contributed by atoms with Crippen LogP contribution < -0.4 is 0 Å². The summed E-state index contributed by atoms with van der Waals surface area (Å²) < 4.78 is 6.80. The van der Waals surface area contributed by atoms with E-state index in [1.54, 1.807) is 0 Å². The van der Waals surface area contributed by atoms with Gasteiger partial charge in [-0.2, -0.15) is 0 Å². The van der Waals surface area contributed by atoms with Gasteiger partial charge in [0.05, 0.1) is 0 Å². The van der Waals surface area contributed by atoms with Crippen molar-refractivity contribution in [3.8, 4) is 0 Å². The summed E-state index contributed by atoms with van der Waals surface area (Å²) in [4.78, 5) is 0. The molecule has 2 atom stereocenters. The Morgan fingerprint density at radius 3 is 1.28 bits per heavy atom. The molecule has 0 saturated carbocycles. The topological polar surface area (TPSA) is 9.23 Å². The molecule has 0 heterocycles. The molecule has 0 bridgehead atoms. The number of hydrogen-bond donors (Lipinski definition) is 0. The van der Waals surface area contributed by atoms with Crippen molar-refractivity contribution in [3.63, 3.8) is 0 Å². The van der Waals surface area contributed by atoms with Crippen LogP contribution in [0.4, 0.5) is 0 Å². The molecule has 25 heavy (non-hydrogen) atoms. The monoisotopic (exact) mass is 330 g/mol. The zero-order chi connectivity index (χ0) is 18.2. The largest absolute Gasteiger partial charge is 0.350 e. The number of hydrogen-bond acceptors (Lipinski definition) is 1. The van der Waals surface area contributed by atoms with Gasteiger partial charge in [-0.15, -0.1) is 13.2 Å². The third kappa shape index (κ3) is 3.89. The average molecular weight is 330 g/mol. The first kappa shape index (κ1) is 18.7. The molecule has 0 N–H and O–H groups in total. The van der Waals surface area contributed by atoms with E-state index in [0.29, 0.717) is 12.8 Å². The van der Waals surface area contributed by atoms with E-state index in [0.717, 1.165) is 11.1 Å². The highest BCUT2D eigenvalue weighted by Crippen LogP contribution is 2.42. The molecule has 0 aromatic heterocycles. The summed E-state index contributed by atoms with van der Waals surface area (Å²) in [6.45, 7) is 16.0. The fourth-order valence-electron chi connectivity index (χ4n) is 3.12. The third-order valence-electron chi connectivity index (χ3n) is 4.44. The molecular weight excluding hydrogens is 304 g/mol. The Kier molecular flexibility index (Phi) is 6.32. The molecule has 1 heteroatoms. The summed E-state index contributed by atoms with van der Waals surface area (Å²) in [5.41, 5.74) is 0.679. The Labute approximate surface area is 151 Å². The molecule has 2 aromatic carbocycles. The molecule has 0 spiro atoms. The zero-order valence-corrected chi connectivity index (χ0v) is 14.7. The highest BCUT2D eigenvalue weighted by atomic mass is 16.5. The lowest BCUT2D eigenvalue weighted by Crippen LogP contribution is -2.38. The van der Waals surface area contributed by atoms with E-state index >= 15 is 0 Å². The van der Waals surface area contributed by atoms with Gasteiger partial charge in [0.2, 0.25) is 0 Å². The molecule has 2 unspecified atom stereocenters. The molecule has 128 valence electrons. The van der Waals surface area contributed by atoms with Gasteiger partial charge in [-0.25, -0.2) is 0 Å². The summed E-state index contributed by atoms with van der Waals surface area (Å²) in [6, 6.07) is 20.2. The summed E-state index contributed by atoms with van der Waals surface area (Å²) in [5.74, 6) is 0. The first-order valence-corrected chi connectivity index (χ1v) is 8.46. The lowest BCUT2D eigenvalue weighted by atomic mass is 9.85. The minimum atomic E-state index is -0.698. The maximum atomic E-state index is 6.80. The fourth-order valence-corrected chi connectivity index (χ4v) is 3.12. The summed E-state index contributed by atoms with van der Waals surface area (Å²) >= 11 is 0. The second-order valence-corrected chi connectivity index (χ2v) is 6.01. The lowest BCUT2D eigenvalue weighted by molar-refractivity contribution is -0.115. The third-order valence-corrected chi connectivity index (χ3v) is 4.44. The van der Waals surface area contributed by atoms with Gasteiger partial charge in [0, 0.05) is 12.8 Å². The molecule has 0 amide bonds. The van der Waals surface area contributed by atoms with Crippen LogP contribution >= 0.6 is 0 Å². The van der Waals surface area contributed by atoms with Crippen LogP contribution in [0, 0.1) is 0 Å². The van der Waals surface area contributed by atoms with E-state index in [9.17, 15) is 0 Å². The summed E-state index contributed by atoms with van der Waals surface area (Å²) in [7, 11) is 0. The second-order valence-electron chi connectivity index (χ2n) is 6.01. The van der Waals surface area contributed by atoms with Crippen molar-refractivity contribution in [1.29, 1.82) is 0 Å². The van der Waals surface area contributed by atoms with Gasteiger partial charge in [-0.1, -0.05) is 98.1 Å². The van der Waals surface area contributed by atoms with Crippen molar-refractivity contribution in [1.82, 2.24) is 0 Å². The Balaban J connectivity index is 2.60. The van der Waals surface area contributed by atoms with Crippen LogP contribution in [-0.2, 0) is 15.9 Å². The van der Waals surface area contributed by atoms with Crippen LogP contribution in [-0.4, -0.2) is 0 Å². The Morgan fingerprint density at radius 2 is 1.00 bits per heavy atom. The molecule has 2 aromatic rings. The molecule has 2 rings (SSSR count). The average Bonchev–Trinajstić information content (AvgIpc) is 2.68. The lowest BCUT2D eigenvalue weighted by Gasteiger charge is -2.41. The van der Waals surface area contributed by atoms with Crippen molar-refractivity contribution >= 4 is 0 Å². The van der Waals surface area contributed by atoms with Crippen LogP contribution in [0.5, 0.6) is 0 Å². The zero-order valence-electron chi connectivity index (χ0n) is 14.7. The van der Waals surface area contributed by atoms with Crippen LogP contribution in [0.15, 0.2) is 111 Å². The predicted molar refractivity (Wildman–Crippen MR) is 107 cm³/mol. The van der Waals surface area contributed by atoms with Gasteiger partial charge in [-0.05, 0) is 11.1 Å². The van der Waals surface area contributed by atoms with Crippen LogP contribution in [0.2, 0.25) is 0 Å². The van der Waals surface area contributed by atoms with Gasteiger partial charge in [0.15, 0.2) is 0 Å². The van der Waals surface area contributed by atoms with Crippen molar-refractivity contribution in [2.45, 2.75) is 24.0 Å². The van der Waals surface area contributed by atoms with Crippen LogP contribution in [0.3, 0.4) is 0 Å². The minimum Gasteiger partial charge on any atom is -0.350 e. The maximum absolute atomic E-state index is 6.80. The molecule has 0 saturated heterocycles. The van der Waals surface area contributed by atoms with Gasteiger partial charge < -0.3 is 4.74 Å². The predicted octanol–water partition coefficient (Wildman–Crippen LogP) is 6.32. The Morgan fingerprint density at radius 1 is 0.640 bits per heavy atom. The van der Waals surface area contributed by atoms with Gasteiger partial charge in [-0.3, -0.25) is 0 Å². The molecule has 0 aliphatic rings. The number of rotatable bonds is 10. The van der Waals surface area contributed by atoms with E-state index in [2.05, 4.69) is 50.6 Å². The second kappa shape index (κ2) is 8.46. The Hall–Kier alpha value is -2.64. The Bertz CT molecular complexity index is 653. The molecule has 1 nitrogen and oxygen atoms in total. The quantitative estimate of drug-likeness (QED) is 0.463. The van der Waals surface area contributed by atoms with Gasteiger partial charge >= 0.3 is 0 Å². The van der Waals surface area contributed by atoms with E-state index in [1.807, 2.05) is 60.7 Å². The molecule has 0 aliphatic heterocycles. The van der Waals surface area contributed by atoms with E-state index in [-0.39, 0.29) is 0 Å². The smallest absolute Gasteiger partial charge is 0.116 e. The van der Waals surface area contributed by atoms with Gasteiger partial charge in [0.25, 0.3) is 0 Å². The molecule has 0 aliphatic carbocycles. The van der Waals surface area contributed by atoms with Crippen LogP contribution in [0.1, 0.15) is 24.0 Å². The normalized spacial score (nSPS) is 15.4.